The van der Waals surface area contributed by atoms with Gasteiger partial charge in [0.2, 0.25) is 0 Å². The maximum absolute atomic E-state index is 11.2. The summed E-state index contributed by atoms with van der Waals surface area (Å²) in [6, 6.07) is 1.87. The normalized spacial score (nSPS) is 10.4. The smallest absolute Gasteiger partial charge is 0.306 e. The number of hydrogen-bond donors (Lipinski definition) is 1. The molecule has 1 aromatic rings. The number of aryl methyl sites for hydroxylation is 1. The highest BCUT2D eigenvalue weighted by Crippen LogP contribution is 2.03. The summed E-state index contributed by atoms with van der Waals surface area (Å²) in [6.45, 7) is 6.30. The first-order valence-corrected chi connectivity index (χ1v) is 5.80. The first-order valence-electron chi connectivity index (χ1n) is 5.80. The van der Waals surface area contributed by atoms with Gasteiger partial charge in [0, 0.05) is 24.7 Å². The molecule has 0 saturated carbocycles. The molecule has 1 heterocycles. The van der Waals surface area contributed by atoms with Gasteiger partial charge < -0.3 is 10.1 Å². The monoisotopic (exact) mass is 237 g/mol. The largest absolute Gasteiger partial charge is 0.463 e. The van der Waals surface area contributed by atoms with Crippen molar-refractivity contribution < 1.29 is 9.53 Å². The van der Waals surface area contributed by atoms with Crippen LogP contribution in [0.5, 0.6) is 0 Å². The molecule has 0 bridgehead atoms. The lowest BCUT2D eigenvalue weighted by Gasteiger charge is -2.08. The van der Waals surface area contributed by atoms with Crippen molar-refractivity contribution in [2.75, 3.05) is 11.9 Å². The van der Waals surface area contributed by atoms with Crippen LogP contribution < -0.4 is 5.32 Å². The van der Waals surface area contributed by atoms with E-state index in [1.807, 2.05) is 26.8 Å². The zero-order valence-corrected chi connectivity index (χ0v) is 10.6. The van der Waals surface area contributed by atoms with Crippen molar-refractivity contribution in [1.29, 1.82) is 0 Å². The van der Waals surface area contributed by atoms with Gasteiger partial charge in [-0.25, -0.2) is 9.97 Å². The third-order valence-electron chi connectivity index (χ3n) is 2.03. The van der Waals surface area contributed by atoms with E-state index in [0.29, 0.717) is 13.0 Å². The summed E-state index contributed by atoms with van der Waals surface area (Å²) in [5.74, 6) is 0.635. The molecule has 5 nitrogen and oxygen atoms in total. The van der Waals surface area contributed by atoms with E-state index in [4.69, 9.17) is 4.74 Å². The predicted molar refractivity (Wildman–Crippen MR) is 65.7 cm³/mol. The van der Waals surface area contributed by atoms with Gasteiger partial charge in [0.1, 0.15) is 12.1 Å². The number of hydrogen-bond acceptors (Lipinski definition) is 5. The van der Waals surface area contributed by atoms with Crippen molar-refractivity contribution in [3.8, 4) is 0 Å². The Morgan fingerprint density at radius 3 is 2.88 bits per heavy atom. The summed E-state index contributed by atoms with van der Waals surface area (Å²) < 4.78 is 5.03. The minimum absolute atomic E-state index is 0.0417. The number of nitrogens with one attached hydrogen (secondary N) is 1. The fraction of sp³-hybridized carbons (Fsp3) is 0.583. The van der Waals surface area contributed by atoms with E-state index in [1.165, 1.54) is 6.33 Å². The van der Waals surface area contributed by atoms with E-state index in [1.54, 1.807) is 0 Å². The summed E-state index contributed by atoms with van der Waals surface area (Å²) in [6.07, 6.45) is 2.63. The third-order valence-corrected chi connectivity index (χ3v) is 2.03. The maximum atomic E-state index is 11.2. The molecular weight excluding hydrogens is 218 g/mol. The highest BCUT2D eigenvalue weighted by molar-refractivity contribution is 5.69. The van der Waals surface area contributed by atoms with Gasteiger partial charge in [-0.3, -0.25) is 4.79 Å². The number of carbonyl (C=O) groups excluding carboxylic acids is 1. The number of esters is 1. The maximum Gasteiger partial charge on any atom is 0.306 e. The number of aromatic nitrogens is 2. The van der Waals surface area contributed by atoms with Gasteiger partial charge >= 0.3 is 5.97 Å². The average molecular weight is 237 g/mol. The van der Waals surface area contributed by atoms with E-state index in [2.05, 4.69) is 15.3 Å². The van der Waals surface area contributed by atoms with Crippen LogP contribution in [0.4, 0.5) is 5.82 Å². The van der Waals surface area contributed by atoms with Crippen LogP contribution >= 0.6 is 0 Å². The molecule has 0 radical (unpaired) electrons. The fourth-order valence-electron chi connectivity index (χ4n) is 1.32. The molecule has 1 N–H and O–H groups in total. The van der Waals surface area contributed by atoms with Crippen LogP contribution in [0.1, 0.15) is 32.4 Å². The Labute approximate surface area is 102 Å². The minimum atomic E-state index is -0.152. The quantitative estimate of drug-likeness (QED) is 0.605. The molecule has 0 spiro atoms. The van der Waals surface area contributed by atoms with Crippen molar-refractivity contribution >= 4 is 11.8 Å². The fourth-order valence-corrected chi connectivity index (χ4v) is 1.32. The molecule has 0 saturated heterocycles. The highest BCUT2D eigenvalue weighted by atomic mass is 16.5. The second-order valence-corrected chi connectivity index (χ2v) is 4.11. The van der Waals surface area contributed by atoms with Gasteiger partial charge in [0.05, 0.1) is 6.10 Å². The highest BCUT2D eigenvalue weighted by Gasteiger charge is 2.04. The van der Waals surface area contributed by atoms with Crippen LogP contribution in [-0.4, -0.2) is 28.6 Å². The van der Waals surface area contributed by atoms with Crippen molar-refractivity contribution in [2.45, 2.75) is 39.7 Å². The Kier molecular flexibility index (Phi) is 5.39. The Hall–Kier alpha value is -1.65. The van der Waals surface area contributed by atoms with Crippen molar-refractivity contribution in [2.24, 2.45) is 0 Å². The molecule has 17 heavy (non-hydrogen) atoms. The van der Waals surface area contributed by atoms with E-state index >= 15 is 0 Å². The van der Waals surface area contributed by atoms with Gasteiger partial charge in [-0.2, -0.15) is 0 Å². The lowest BCUT2D eigenvalue weighted by atomic mass is 10.3. The van der Waals surface area contributed by atoms with Crippen LogP contribution in [0, 0.1) is 6.92 Å². The number of rotatable bonds is 6. The molecule has 0 aliphatic heterocycles. The number of anilines is 1. The number of ether oxygens (including phenoxy) is 1. The second kappa shape index (κ2) is 6.83. The van der Waals surface area contributed by atoms with Crippen LogP contribution in [0.15, 0.2) is 12.4 Å². The Bertz CT molecular complexity index is 367. The molecular formula is C12H19N3O2. The van der Waals surface area contributed by atoms with Crippen LogP contribution in [0.25, 0.3) is 0 Å². The van der Waals surface area contributed by atoms with Gasteiger partial charge in [-0.05, 0) is 27.2 Å². The average Bonchev–Trinajstić information content (AvgIpc) is 2.23. The minimum Gasteiger partial charge on any atom is -0.463 e. The Morgan fingerprint density at radius 2 is 2.24 bits per heavy atom. The third kappa shape index (κ3) is 5.85. The summed E-state index contributed by atoms with van der Waals surface area (Å²) >= 11 is 0. The van der Waals surface area contributed by atoms with Gasteiger partial charge in [0.15, 0.2) is 0 Å². The van der Waals surface area contributed by atoms with Crippen LogP contribution in [0.3, 0.4) is 0 Å². The van der Waals surface area contributed by atoms with Crippen molar-refractivity contribution in [3.05, 3.63) is 18.1 Å². The van der Waals surface area contributed by atoms with Gasteiger partial charge in [-0.15, -0.1) is 0 Å². The zero-order valence-electron chi connectivity index (χ0n) is 10.6. The Balaban J connectivity index is 2.18. The lowest BCUT2D eigenvalue weighted by molar-refractivity contribution is -0.147. The lowest BCUT2D eigenvalue weighted by Crippen LogP contribution is -2.13. The zero-order chi connectivity index (χ0) is 12.7. The first kappa shape index (κ1) is 13.4. The predicted octanol–water partition coefficient (Wildman–Crippen LogP) is 1.93. The van der Waals surface area contributed by atoms with Crippen LogP contribution in [-0.2, 0) is 9.53 Å². The number of carbonyl (C=O) groups is 1. The first-order chi connectivity index (χ1) is 8.08. The van der Waals surface area contributed by atoms with E-state index in [9.17, 15) is 4.79 Å². The molecule has 0 aliphatic rings. The molecule has 0 aliphatic carbocycles. The van der Waals surface area contributed by atoms with E-state index < -0.39 is 0 Å². The topological polar surface area (TPSA) is 64.1 Å². The molecule has 0 unspecified atom stereocenters. The molecule has 94 valence electrons. The van der Waals surface area contributed by atoms with E-state index in [0.717, 1.165) is 17.9 Å². The summed E-state index contributed by atoms with van der Waals surface area (Å²) in [5.41, 5.74) is 0.918. The van der Waals surface area contributed by atoms with Gasteiger partial charge in [-0.1, -0.05) is 0 Å². The SMILES string of the molecule is Cc1cc(NCCCC(=O)OC(C)C)ncn1. The van der Waals surface area contributed by atoms with Crippen molar-refractivity contribution in [3.63, 3.8) is 0 Å². The molecule has 5 heteroatoms. The van der Waals surface area contributed by atoms with Crippen molar-refractivity contribution in [1.82, 2.24) is 9.97 Å². The molecule has 0 amide bonds. The number of nitrogens with zero attached hydrogens (tertiary/aromatic N) is 2. The second-order valence-electron chi connectivity index (χ2n) is 4.11. The summed E-state index contributed by atoms with van der Waals surface area (Å²) in [7, 11) is 0. The summed E-state index contributed by atoms with van der Waals surface area (Å²) in [5, 5.41) is 3.14. The molecule has 0 atom stereocenters. The van der Waals surface area contributed by atoms with Crippen LogP contribution in [0.2, 0.25) is 0 Å². The van der Waals surface area contributed by atoms with Gasteiger partial charge in [0.25, 0.3) is 0 Å². The van der Waals surface area contributed by atoms with E-state index in [-0.39, 0.29) is 12.1 Å². The molecule has 1 aromatic heterocycles. The molecule has 0 fully saturated rings. The molecule has 0 aromatic carbocycles. The summed E-state index contributed by atoms with van der Waals surface area (Å²) in [4.78, 5) is 19.3. The standard InChI is InChI=1S/C12H19N3O2/c1-9(2)17-12(16)5-4-6-13-11-7-10(3)14-8-15-11/h7-9H,4-6H2,1-3H3,(H,13,14,15). The molecule has 1 rings (SSSR count). The Morgan fingerprint density at radius 1 is 1.47 bits per heavy atom.